The van der Waals surface area contributed by atoms with Crippen molar-refractivity contribution in [3.05, 3.63) is 64.5 Å². The SMILES string of the molecule is CN=C(NCCc1nc(-c2ccc(Cl)cc2)no1)NCCc1cc(C)ccc1OC.I. The van der Waals surface area contributed by atoms with E-state index >= 15 is 0 Å². The Labute approximate surface area is 204 Å². The maximum absolute atomic E-state index is 5.91. The Morgan fingerprint density at radius 3 is 2.48 bits per heavy atom. The van der Waals surface area contributed by atoms with Gasteiger partial charge in [-0.1, -0.05) is 34.5 Å². The molecule has 0 spiro atoms. The van der Waals surface area contributed by atoms with E-state index in [4.69, 9.17) is 20.9 Å². The lowest BCUT2D eigenvalue weighted by Gasteiger charge is -2.13. The molecule has 0 atom stereocenters. The van der Waals surface area contributed by atoms with E-state index in [9.17, 15) is 0 Å². The zero-order valence-electron chi connectivity index (χ0n) is 17.8. The van der Waals surface area contributed by atoms with Gasteiger partial charge in [-0.2, -0.15) is 4.98 Å². The minimum absolute atomic E-state index is 0. The van der Waals surface area contributed by atoms with Gasteiger partial charge in [0.1, 0.15) is 5.75 Å². The molecule has 0 fully saturated rings. The quantitative estimate of drug-likeness (QED) is 0.245. The number of nitrogens with zero attached hydrogens (tertiary/aromatic N) is 3. The average molecular weight is 556 g/mol. The van der Waals surface area contributed by atoms with Crippen LogP contribution >= 0.6 is 35.6 Å². The second-order valence-corrected chi connectivity index (χ2v) is 7.20. The first kappa shape index (κ1) is 24.9. The van der Waals surface area contributed by atoms with Gasteiger partial charge in [-0.3, -0.25) is 4.99 Å². The Kier molecular flexibility index (Phi) is 10.1. The number of rotatable bonds is 8. The van der Waals surface area contributed by atoms with E-state index in [2.05, 4.69) is 38.8 Å². The third-order valence-corrected chi connectivity index (χ3v) is 4.80. The molecule has 31 heavy (non-hydrogen) atoms. The van der Waals surface area contributed by atoms with Crippen LogP contribution < -0.4 is 15.4 Å². The highest BCUT2D eigenvalue weighted by Crippen LogP contribution is 2.20. The highest BCUT2D eigenvalue weighted by atomic mass is 127. The van der Waals surface area contributed by atoms with Crippen LogP contribution in [-0.2, 0) is 12.8 Å². The fraction of sp³-hybridized carbons (Fsp3) is 0.318. The van der Waals surface area contributed by atoms with Crippen LogP contribution in [0.15, 0.2) is 52.0 Å². The monoisotopic (exact) mass is 555 g/mol. The number of guanidine groups is 1. The number of aromatic nitrogens is 2. The van der Waals surface area contributed by atoms with Gasteiger partial charge in [-0.25, -0.2) is 0 Å². The molecule has 0 saturated heterocycles. The van der Waals surface area contributed by atoms with Gasteiger partial charge in [0.2, 0.25) is 11.7 Å². The van der Waals surface area contributed by atoms with Gasteiger partial charge in [-0.15, -0.1) is 24.0 Å². The van der Waals surface area contributed by atoms with Crippen molar-refractivity contribution in [3.63, 3.8) is 0 Å². The van der Waals surface area contributed by atoms with Crippen LogP contribution in [0.1, 0.15) is 17.0 Å². The average Bonchev–Trinajstić information content (AvgIpc) is 3.22. The summed E-state index contributed by atoms with van der Waals surface area (Å²) in [6, 6.07) is 13.5. The molecule has 1 aromatic heterocycles. The van der Waals surface area contributed by atoms with Crippen LogP contribution in [0.5, 0.6) is 5.75 Å². The number of aliphatic imine (C=N–C) groups is 1. The molecule has 3 aromatic rings. The van der Waals surface area contributed by atoms with Gasteiger partial charge in [0.15, 0.2) is 5.96 Å². The number of benzene rings is 2. The van der Waals surface area contributed by atoms with Crippen molar-refractivity contribution in [2.45, 2.75) is 19.8 Å². The number of halogens is 2. The fourth-order valence-corrected chi connectivity index (χ4v) is 3.13. The molecule has 9 heteroatoms. The summed E-state index contributed by atoms with van der Waals surface area (Å²) in [5, 5.41) is 11.3. The lowest BCUT2D eigenvalue weighted by molar-refractivity contribution is 0.378. The molecule has 0 saturated carbocycles. The highest BCUT2D eigenvalue weighted by Gasteiger charge is 2.09. The van der Waals surface area contributed by atoms with Crippen LogP contribution in [0.2, 0.25) is 5.02 Å². The van der Waals surface area contributed by atoms with E-state index in [-0.39, 0.29) is 24.0 Å². The van der Waals surface area contributed by atoms with E-state index in [0.717, 1.165) is 30.2 Å². The zero-order chi connectivity index (χ0) is 21.3. The minimum Gasteiger partial charge on any atom is -0.496 e. The Balaban J connectivity index is 0.00000341. The first-order valence-electron chi connectivity index (χ1n) is 9.75. The topological polar surface area (TPSA) is 84.6 Å². The second kappa shape index (κ2) is 12.5. The Morgan fingerprint density at radius 2 is 1.81 bits per heavy atom. The van der Waals surface area contributed by atoms with Crippen LogP contribution in [0.3, 0.4) is 0 Å². The van der Waals surface area contributed by atoms with Gasteiger partial charge in [0.25, 0.3) is 0 Å². The summed E-state index contributed by atoms with van der Waals surface area (Å²) in [7, 11) is 3.44. The maximum atomic E-state index is 5.91. The molecule has 2 aromatic carbocycles. The van der Waals surface area contributed by atoms with Crippen molar-refractivity contribution in [1.29, 1.82) is 0 Å². The smallest absolute Gasteiger partial charge is 0.228 e. The standard InChI is InChI=1S/C22H26ClN5O2.HI/c1-15-4-9-19(29-3)17(14-15)10-12-25-22(24-2)26-13-11-20-27-21(28-30-20)16-5-7-18(23)8-6-16;/h4-9,14H,10-13H2,1-3H3,(H2,24,25,26);1H. The Morgan fingerprint density at radius 1 is 1.10 bits per heavy atom. The summed E-state index contributed by atoms with van der Waals surface area (Å²) in [6.07, 6.45) is 1.42. The Hall–Kier alpha value is -2.33. The van der Waals surface area contributed by atoms with Crippen molar-refractivity contribution in [1.82, 2.24) is 20.8 Å². The lowest BCUT2D eigenvalue weighted by atomic mass is 10.1. The molecule has 0 amide bonds. The Bertz CT molecular complexity index is 992. The lowest BCUT2D eigenvalue weighted by Crippen LogP contribution is -2.39. The van der Waals surface area contributed by atoms with Gasteiger partial charge in [0, 0.05) is 37.1 Å². The zero-order valence-corrected chi connectivity index (χ0v) is 20.9. The van der Waals surface area contributed by atoms with Crippen LogP contribution in [0, 0.1) is 6.92 Å². The van der Waals surface area contributed by atoms with Gasteiger partial charge >= 0.3 is 0 Å². The molecule has 0 aliphatic carbocycles. The first-order valence-corrected chi connectivity index (χ1v) is 10.1. The van der Waals surface area contributed by atoms with Crippen molar-refractivity contribution >= 4 is 41.5 Å². The number of nitrogens with one attached hydrogen (secondary N) is 2. The molecule has 0 radical (unpaired) electrons. The van der Waals surface area contributed by atoms with E-state index < -0.39 is 0 Å². The fourth-order valence-electron chi connectivity index (χ4n) is 3.00. The van der Waals surface area contributed by atoms with Crippen LogP contribution in [-0.4, -0.2) is 43.3 Å². The van der Waals surface area contributed by atoms with Crippen molar-refractivity contribution in [2.75, 3.05) is 27.2 Å². The summed E-state index contributed by atoms with van der Waals surface area (Å²) >= 11 is 5.91. The van der Waals surface area contributed by atoms with E-state index in [1.807, 2.05) is 24.3 Å². The molecule has 0 bridgehead atoms. The molecule has 166 valence electrons. The first-order chi connectivity index (χ1) is 14.6. The minimum atomic E-state index is 0. The number of ether oxygens (including phenoxy) is 1. The van der Waals surface area contributed by atoms with Crippen molar-refractivity contribution < 1.29 is 9.26 Å². The molecule has 7 nitrogen and oxygen atoms in total. The molecule has 0 aliphatic rings. The summed E-state index contributed by atoms with van der Waals surface area (Å²) < 4.78 is 10.8. The van der Waals surface area contributed by atoms with Crippen LogP contribution in [0.25, 0.3) is 11.4 Å². The summed E-state index contributed by atoms with van der Waals surface area (Å²) in [6.45, 7) is 3.43. The summed E-state index contributed by atoms with van der Waals surface area (Å²) in [5.74, 6) is 2.74. The summed E-state index contributed by atoms with van der Waals surface area (Å²) in [4.78, 5) is 8.68. The van der Waals surface area contributed by atoms with Gasteiger partial charge < -0.3 is 19.9 Å². The van der Waals surface area contributed by atoms with Crippen molar-refractivity contribution in [3.8, 4) is 17.1 Å². The van der Waals surface area contributed by atoms with E-state index in [0.29, 0.717) is 29.7 Å². The van der Waals surface area contributed by atoms with Gasteiger partial charge in [0.05, 0.1) is 7.11 Å². The second-order valence-electron chi connectivity index (χ2n) is 6.76. The highest BCUT2D eigenvalue weighted by molar-refractivity contribution is 14.0. The molecular weight excluding hydrogens is 529 g/mol. The molecular formula is C22H27ClIN5O2. The summed E-state index contributed by atoms with van der Waals surface area (Å²) in [5.41, 5.74) is 3.25. The molecule has 3 rings (SSSR count). The van der Waals surface area contributed by atoms with Gasteiger partial charge in [-0.05, 0) is 49.2 Å². The number of hydrogen-bond acceptors (Lipinski definition) is 5. The predicted octanol–water partition coefficient (Wildman–Crippen LogP) is 4.28. The maximum Gasteiger partial charge on any atom is 0.228 e. The van der Waals surface area contributed by atoms with E-state index in [1.165, 1.54) is 11.1 Å². The largest absolute Gasteiger partial charge is 0.496 e. The third-order valence-electron chi connectivity index (χ3n) is 4.55. The number of aryl methyl sites for hydroxylation is 1. The molecule has 1 heterocycles. The van der Waals surface area contributed by atoms with Crippen LogP contribution in [0.4, 0.5) is 0 Å². The third kappa shape index (κ3) is 7.39. The number of methoxy groups -OCH3 is 1. The van der Waals surface area contributed by atoms with Crippen molar-refractivity contribution in [2.24, 2.45) is 4.99 Å². The predicted molar refractivity (Wildman–Crippen MR) is 135 cm³/mol. The number of hydrogen-bond donors (Lipinski definition) is 2. The molecule has 0 unspecified atom stereocenters. The van der Waals surface area contributed by atoms with E-state index in [1.54, 1.807) is 26.3 Å². The normalized spacial score (nSPS) is 11.0. The molecule has 2 N–H and O–H groups in total. The molecule has 0 aliphatic heterocycles.